The Hall–Kier alpha value is -1.85. The third-order valence-corrected chi connectivity index (χ3v) is 2.98. The maximum atomic E-state index is 12.0. The lowest BCUT2D eigenvalue weighted by atomic mass is 10.1. The number of nitrogens with one attached hydrogen (secondary N) is 1. The van der Waals surface area contributed by atoms with Crippen LogP contribution in [-0.4, -0.2) is 15.6 Å². The predicted molar refractivity (Wildman–Crippen MR) is 72.1 cm³/mol. The fourth-order valence-electron chi connectivity index (χ4n) is 1.52. The molecule has 0 atom stereocenters. The van der Waals surface area contributed by atoms with Crippen molar-refractivity contribution < 1.29 is 4.79 Å². The number of H-pyrrole nitrogens is 1. The van der Waals surface area contributed by atoms with E-state index < -0.39 is 16.9 Å². The van der Waals surface area contributed by atoms with Crippen molar-refractivity contribution in [2.24, 2.45) is 0 Å². The average Bonchev–Trinajstić information content (AvgIpc) is 2.36. The molecule has 0 fully saturated rings. The Morgan fingerprint density at radius 1 is 1.16 bits per heavy atom. The Labute approximate surface area is 117 Å². The molecule has 1 aromatic heterocycles. The third-order valence-electron chi connectivity index (χ3n) is 2.42. The average molecular weight is 299 g/mol. The third kappa shape index (κ3) is 3.13. The molecule has 0 saturated heterocycles. The molecule has 0 bridgehead atoms. The number of rotatable bonds is 3. The number of halogens is 2. The van der Waals surface area contributed by atoms with Gasteiger partial charge < -0.3 is 0 Å². The molecule has 0 saturated carbocycles. The largest absolute Gasteiger partial charge is 0.292 e. The van der Waals surface area contributed by atoms with Crippen LogP contribution >= 0.6 is 23.2 Å². The number of aromatic amines is 1. The highest BCUT2D eigenvalue weighted by molar-refractivity contribution is 6.35. The molecule has 2 rings (SSSR count). The van der Waals surface area contributed by atoms with Crippen LogP contribution < -0.4 is 11.1 Å². The molecule has 0 aliphatic carbocycles. The van der Waals surface area contributed by atoms with Crippen molar-refractivity contribution >= 4 is 29.0 Å². The summed E-state index contributed by atoms with van der Waals surface area (Å²) in [6, 6.07) is 6.64. The van der Waals surface area contributed by atoms with E-state index in [1.54, 1.807) is 6.07 Å². The highest BCUT2D eigenvalue weighted by atomic mass is 35.5. The van der Waals surface area contributed by atoms with Gasteiger partial charge in [0.1, 0.15) is 6.54 Å². The summed E-state index contributed by atoms with van der Waals surface area (Å²) in [6.45, 7) is -0.311. The number of nitrogens with zero attached hydrogens (tertiary/aromatic N) is 1. The smallest absolute Gasteiger partial charge is 0.265 e. The van der Waals surface area contributed by atoms with Crippen molar-refractivity contribution in [1.29, 1.82) is 0 Å². The summed E-state index contributed by atoms with van der Waals surface area (Å²) in [5, 5.41) is 2.86. The molecule has 0 unspecified atom stereocenters. The van der Waals surface area contributed by atoms with Gasteiger partial charge in [-0.3, -0.25) is 19.5 Å². The first kappa shape index (κ1) is 13.6. The number of carbonyl (C=O) groups excluding carboxylic acids is 1. The molecule has 19 heavy (non-hydrogen) atoms. The summed E-state index contributed by atoms with van der Waals surface area (Å²) in [6.07, 6.45) is 0. The molecule has 2 aromatic rings. The van der Waals surface area contributed by atoms with Crippen LogP contribution in [0.2, 0.25) is 10.0 Å². The molecule has 0 spiro atoms. The fourth-order valence-corrected chi connectivity index (χ4v) is 1.91. The Kier molecular flexibility index (Phi) is 3.87. The first-order valence-corrected chi connectivity index (χ1v) is 6.01. The summed E-state index contributed by atoms with van der Waals surface area (Å²) in [5.74, 6) is -0.420. The van der Waals surface area contributed by atoms with Gasteiger partial charge in [0.25, 0.3) is 11.1 Å². The lowest BCUT2D eigenvalue weighted by molar-refractivity contribution is 0.0965. The Morgan fingerprint density at radius 2 is 1.89 bits per heavy atom. The van der Waals surface area contributed by atoms with Gasteiger partial charge >= 0.3 is 0 Å². The molecular weight excluding hydrogens is 291 g/mol. The first-order chi connectivity index (χ1) is 8.97. The maximum Gasteiger partial charge on any atom is 0.265 e. The van der Waals surface area contributed by atoms with Crippen LogP contribution in [0.1, 0.15) is 10.4 Å². The zero-order valence-electron chi connectivity index (χ0n) is 9.52. The van der Waals surface area contributed by atoms with Crippen molar-refractivity contribution in [1.82, 2.24) is 9.78 Å². The van der Waals surface area contributed by atoms with E-state index in [0.717, 1.165) is 16.8 Å². The van der Waals surface area contributed by atoms with Gasteiger partial charge in [-0.15, -0.1) is 0 Å². The lowest BCUT2D eigenvalue weighted by Gasteiger charge is -2.06. The van der Waals surface area contributed by atoms with Gasteiger partial charge in [0.05, 0.1) is 5.02 Å². The molecule has 5 nitrogen and oxygen atoms in total. The summed E-state index contributed by atoms with van der Waals surface area (Å²) in [4.78, 5) is 34.6. The first-order valence-electron chi connectivity index (χ1n) is 5.26. The quantitative estimate of drug-likeness (QED) is 0.877. The van der Waals surface area contributed by atoms with E-state index in [-0.39, 0.29) is 17.1 Å². The van der Waals surface area contributed by atoms with Gasteiger partial charge in [-0.25, -0.2) is 4.68 Å². The highest BCUT2D eigenvalue weighted by Gasteiger charge is 2.12. The Morgan fingerprint density at radius 3 is 2.63 bits per heavy atom. The standard InChI is InChI=1S/C12H8Cl2N2O3/c13-7-1-2-9(14)8(5-7)10(17)6-16-12(19)4-3-11(18)15-16/h1-5H,6H2,(H,15,18). The molecule has 1 heterocycles. The second-order valence-electron chi connectivity index (χ2n) is 3.78. The molecule has 7 heteroatoms. The van der Waals surface area contributed by atoms with Gasteiger partial charge in [0.15, 0.2) is 5.78 Å². The van der Waals surface area contributed by atoms with Crippen LogP contribution in [0.25, 0.3) is 0 Å². The molecule has 0 radical (unpaired) electrons. The number of carbonyl (C=O) groups is 1. The fraction of sp³-hybridized carbons (Fsp3) is 0.0833. The predicted octanol–water partition coefficient (Wildman–Crippen LogP) is 1.73. The molecule has 98 valence electrons. The van der Waals surface area contributed by atoms with Crippen molar-refractivity contribution in [2.45, 2.75) is 6.54 Å². The van der Waals surface area contributed by atoms with Crippen LogP contribution in [0.5, 0.6) is 0 Å². The number of benzene rings is 1. The number of Topliss-reactive ketones (excluding diaryl/α,β-unsaturated/α-hetero) is 1. The van der Waals surface area contributed by atoms with Crippen molar-refractivity contribution in [3.63, 3.8) is 0 Å². The van der Waals surface area contributed by atoms with Crippen LogP contribution in [0, 0.1) is 0 Å². The van der Waals surface area contributed by atoms with Crippen molar-refractivity contribution in [3.8, 4) is 0 Å². The SMILES string of the molecule is O=C(Cn1[nH]c(=O)ccc1=O)c1cc(Cl)ccc1Cl. The monoisotopic (exact) mass is 298 g/mol. The molecule has 0 aliphatic heterocycles. The molecular formula is C12H8Cl2N2O3. The van der Waals surface area contributed by atoms with Gasteiger partial charge in [-0.05, 0) is 18.2 Å². The second kappa shape index (κ2) is 5.42. The van der Waals surface area contributed by atoms with Gasteiger partial charge in [-0.1, -0.05) is 23.2 Å². The van der Waals surface area contributed by atoms with Crippen LogP contribution in [0.3, 0.4) is 0 Å². The zero-order valence-corrected chi connectivity index (χ0v) is 11.0. The summed E-state index contributed by atoms with van der Waals surface area (Å²) in [7, 11) is 0. The van der Waals surface area contributed by atoms with E-state index in [9.17, 15) is 14.4 Å². The number of hydrogen-bond acceptors (Lipinski definition) is 3. The minimum absolute atomic E-state index is 0.200. The lowest BCUT2D eigenvalue weighted by Crippen LogP contribution is -2.30. The molecule has 1 aromatic carbocycles. The van der Waals surface area contributed by atoms with E-state index in [0.29, 0.717) is 5.02 Å². The summed E-state index contributed by atoms with van der Waals surface area (Å²) >= 11 is 11.7. The van der Waals surface area contributed by atoms with Gasteiger partial charge in [0.2, 0.25) is 0 Å². The topological polar surface area (TPSA) is 71.9 Å². The van der Waals surface area contributed by atoms with E-state index in [1.165, 1.54) is 12.1 Å². The molecule has 0 aliphatic rings. The van der Waals surface area contributed by atoms with E-state index >= 15 is 0 Å². The van der Waals surface area contributed by atoms with Crippen molar-refractivity contribution in [3.05, 3.63) is 66.6 Å². The second-order valence-corrected chi connectivity index (χ2v) is 4.62. The van der Waals surface area contributed by atoms with Crippen LogP contribution in [0.4, 0.5) is 0 Å². The Balaban J connectivity index is 2.36. The summed E-state index contributed by atoms with van der Waals surface area (Å²) < 4.78 is 0.919. The van der Waals surface area contributed by atoms with E-state index in [1.807, 2.05) is 0 Å². The van der Waals surface area contributed by atoms with Crippen LogP contribution in [-0.2, 0) is 6.54 Å². The Bertz CT molecular complexity index is 749. The molecule has 1 N–H and O–H groups in total. The number of aromatic nitrogens is 2. The summed E-state index contributed by atoms with van der Waals surface area (Å²) in [5.41, 5.74) is -0.749. The van der Waals surface area contributed by atoms with E-state index in [4.69, 9.17) is 23.2 Å². The van der Waals surface area contributed by atoms with Crippen molar-refractivity contribution in [2.75, 3.05) is 0 Å². The molecule has 0 amide bonds. The number of ketones is 1. The van der Waals surface area contributed by atoms with Gasteiger partial charge in [-0.2, -0.15) is 0 Å². The normalized spacial score (nSPS) is 10.4. The van der Waals surface area contributed by atoms with E-state index in [2.05, 4.69) is 5.10 Å². The number of hydrogen-bond donors (Lipinski definition) is 1. The highest BCUT2D eigenvalue weighted by Crippen LogP contribution is 2.21. The van der Waals surface area contributed by atoms with Gasteiger partial charge in [0, 0.05) is 22.7 Å². The minimum Gasteiger partial charge on any atom is -0.292 e. The minimum atomic E-state index is -0.480. The zero-order chi connectivity index (χ0) is 14.0. The maximum absolute atomic E-state index is 12.0. The van der Waals surface area contributed by atoms with Crippen LogP contribution in [0.15, 0.2) is 39.9 Å².